The Labute approximate surface area is 158 Å². The second-order valence-corrected chi connectivity index (χ2v) is 5.95. The van der Waals surface area contributed by atoms with E-state index in [0.717, 1.165) is 5.56 Å². The van der Waals surface area contributed by atoms with Crippen molar-refractivity contribution in [2.45, 2.75) is 6.42 Å². The molecule has 1 aliphatic heterocycles. The molecule has 0 N–H and O–H groups in total. The maximum atomic E-state index is 12.4. The molecular formula is C20H22N2O5. The molecule has 0 saturated heterocycles. The average molecular weight is 370 g/mol. The van der Waals surface area contributed by atoms with Crippen LogP contribution in [0.2, 0.25) is 0 Å². The molecule has 7 nitrogen and oxygen atoms in total. The van der Waals surface area contributed by atoms with Crippen molar-refractivity contribution in [1.29, 1.82) is 0 Å². The molecule has 0 atom stereocenters. The number of allylic oxidation sites excluding steroid dienone is 2. The smallest absolute Gasteiger partial charge is 0.355 e. The summed E-state index contributed by atoms with van der Waals surface area (Å²) in [4.78, 5) is 39.4. The molecule has 27 heavy (non-hydrogen) atoms. The van der Waals surface area contributed by atoms with Gasteiger partial charge >= 0.3 is 11.9 Å². The van der Waals surface area contributed by atoms with E-state index in [4.69, 9.17) is 9.47 Å². The lowest BCUT2D eigenvalue weighted by atomic mass is 10.1. The summed E-state index contributed by atoms with van der Waals surface area (Å²) < 4.78 is 9.65. The van der Waals surface area contributed by atoms with Gasteiger partial charge in [0.25, 0.3) is 0 Å². The van der Waals surface area contributed by atoms with Gasteiger partial charge in [-0.05, 0) is 29.8 Å². The van der Waals surface area contributed by atoms with E-state index < -0.39 is 11.9 Å². The molecule has 1 aliphatic rings. The minimum absolute atomic E-state index is 0.00950. The van der Waals surface area contributed by atoms with E-state index >= 15 is 0 Å². The highest BCUT2D eigenvalue weighted by molar-refractivity contribution is 6.05. The van der Waals surface area contributed by atoms with E-state index in [9.17, 15) is 14.4 Å². The standard InChI is InChI=1S/C20H22N2O5/c1-21(2)17(23)13-14-8-10-15(11-9-14)22-12-6-5-7-16(19(24)26-3)18(22)20(25)27-4/h5-12H,13H2,1-4H3. The molecule has 0 saturated carbocycles. The minimum Gasteiger partial charge on any atom is -0.465 e. The molecule has 0 bridgehead atoms. The zero-order valence-electron chi connectivity index (χ0n) is 15.8. The molecule has 1 aromatic carbocycles. The van der Waals surface area contributed by atoms with Crippen LogP contribution in [0.25, 0.3) is 0 Å². The molecule has 0 fully saturated rings. The van der Waals surface area contributed by atoms with E-state index in [-0.39, 0.29) is 23.6 Å². The Morgan fingerprint density at radius 3 is 2.15 bits per heavy atom. The van der Waals surface area contributed by atoms with Gasteiger partial charge in [-0.1, -0.05) is 18.2 Å². The Balaban J connectivity index is 2.43. The maximum Gasteiger partial charge on any atom is 0.355 e. The molecule has 7 heteroatoms. The van der Waals surface area contributed by atoms with Crippen molar-refractivity contribution in [1.82, 2.24) is 4.90 Å². The molecule has 2 rings (SSSR count). The van der Waals surface area contributed by atoms with Gasteiger partial charge in [0.15, 0.2) is 0 Å². The van der Waals surface area contributed by atoms with E-state index in [0.29, 0.717) is 5.69 Å². The van der Waals surface area contributed by atoms with Crippen LogP contribution in [0.15, 0.2) is 60.0 Å². The average Bonchev–Trinajstić information content (AvgIpc) is 2.90. The molecule has 1 heterocycles. The van der Waals surface area contributed by atoms with E-state index in [2.05, 4.69) is 0 Å². The first kappa shape index (κ1) is 20.0. The van der Waals surface area contributed by atoms with Gasteiger partial charge in [-0.2, -0.15) is 0 Å². The van der Waals surface area contributed by atoms with Crippen LogP contribution in [0.4, 0.5) is 5.69 Å². The van der Waals surface area contributed by atoms with Crippen molar-refractivity contribution in [3.63, 3.8) is 0 Å². The lowest BCUT2D eigenvalue weighted by Crippen LogP contribution is -2.27. The summed E-state index contributed by atoms with van der Waals surface area (Å²) in [7, 11) is 5.90. The number of hydrogen-bond donors (Lipinski definition) is 0. The molecule has 0 radical (unpaired) electrons. The second-order valence-electron chi connectivity index (χ2n) is 5.95. The molecule has 0 spiro atoms. The van der Waals surface area contributed by atoms with Crippen molar-refractivity contribution < 1.29 is 23.9 Å². The lowest BCUT2D eigenvalue weighted by molar-refractivity contribution is -0.139. The summed E-state index contributed by atoms with van der Waals surface area (Å²) in [5, 5.41) is 0. The SMILES string of the molecule is COC(=O)C1=C(C(=O)OC)N(c2ccc(CC(=O)N(C)C)cc2)C=CC=C1. The number of hydrogen-bond acceptors (Lipinski definition) is 6. The molecule has 1 amide bonds. The minimum atomic E-state index is -0.668. The van der Waals surface area contributed by atoms with Crippen LogP contribution in [0.3, 0.4) is 0 Å². The van der Waals surface area contributed by atoms with E-state index in [1.807, 2.05) is 0 Å². The number of carbonyl (C=O) groups is 3. The highest BCUT2D eigenvalue weighted by Crippen LogP contribution is 2.26. The molecule has 0 unspecified atom stereocenters. The van der Waals surface area contributed by atoms with Crippen molar-refractivity contribution in [3.8, 4) is 0 Å². The summed E-state index contributed by atoms with van der Waals surface area (Å²) in [6.45, 7) is 0. The fourth-order valence-electron chi connectivity index (χ4n) is 2.47. The van der Waals surface area contributed by atoms with E-state index in [1.165, 1.54) is 25.2 Å². The number of rotatable bonds is 5. The van der Waals surface area contributed by atoms with Crippen LogP contribution in [0, 0.1) is 0 Å². The van der Waals surface area contributed by atoms with E-state index in [1.54, 1.807) is 61.6 Å². The van der Waals surface area contributed by atoms with Crippen LogP contribution in [0.5, 0.6) is 0 Å². The van der Waals surface area contributed by atoms with Crippen molar-refractivity contribution in [3.05, 3.63) is 65.5 Å². The first-order valence-corrected chi connectivity index (χ1v) is 8.23. The third kappa shape index (κ3) is 4.63. The van der Waals surface area contributed by atoms with Gasteiger partial charge in [0.05, 0.1) is 26.2 Å². The Kier molecular flexibility index (Phi) is 6.54. The van der Waals surface area contributed by atoms with Gasteiger partial charge in [-0.15, -0.1) is 0 Å². The number of esters is 2. The Bertz CT molecular complexity index is 819. The van der Waals surface area contributed by atoms with Crippen LogP contribution < -0.4 is 4.90 Å². The molecule has 142 valence electrons. The van der Waals surface area contributed by atoms with Gasteiger partial charge in [-0.25, -0.2) is 9.59 Å². The summed E-state index contributed by atoms with van der Waals surface area (Å²) >= 11 is 0. The van der Waals surface area contributed by atoms with Gasteiger partial charge in [0.1, 0.15) is 5.70 Å². The largest absolute Gasteiger partial charge is 0.465 e. The highest BCUT2D eigenvalue weighted by atomic mass is 16.5. The summed E-state index contributed by atoms with van der Waals surface area (Å²) in [6.07, 6.45) is 6.76. The first-order chi connectivity index (χ1) is 12.9. The second kappa shape index (κ2) is 8.84. The van der Waals surface area contributed by atoms with Crippen molar-refractivity contribution in [2.75, 3.05) is 33.2 Å². The fraction of sp³-hybridized carbons (Fsp3) is 0.250. The Morgan fingerprint density at radius 2 is 1.59 bits per heavy atom. The molecule has 0 aromatic heterocycles. The first-order valence-electron chi connectivity index (χ1n) is 8.23. The number of anilines is 1. The summed E-state index contributed by atoms with van der Waals surface area (Å²) in [6, 6.07) is 7.14. The Hall–Kier alpha value is -3.35. The molecular weight excluding hydrogens is 348 g/mol. The number of ether oxygens (including phenoxy) is 2. The monoisotopic (exact) mass is 370 g/mol. The van der Waals surface area contributed by atoms with Crippen LogP contribution >= 0.6 is 0 Å². The fourth-order valence-corrected chi connectivity index (χ4v) is 2.47. The zero-order chi connectivity index (χ0) is 20.0. The number of methoxy groups -OCH3 is 2. The molecule has 1 aromatic rings. The predicted octanol–water partition coefficient (Wildman–Crippen LogP) is 1.81. The predicted molar refractivity (Wildman–Crippen MR) is 101 cm³/mol. The number of likely N-dealkylation sites (N-methyl/N-ethyl adjacent to an activating group) is 1. The third-order valence-electron chi connectivity index (χ3n) is 3.96. The highest BCUT2D eigenvalue weighted by Gasteiger charge is 2.27. The Morgan fingerprint density at radius 1 is 0.963 bits per heavy atom. The summed E-state index contributed by atoms with van der Waals surface area (Å²) in [5.41, 5.74) is 1.61. The normalized spacial score (nSPS) is 13.3. The van der Waals surface area contributed by atoms with Crippen molar-refractivity contribution in [2.24, 2.45) is 0 Å². The number of benzene rings is 1. The van der Waals surface area contributed by atoms with Crippen LogP contribution in [-0.4, -0.2) is 51.1 Å². The van der Waals surface area contributed by atoms with Gasteiger partial charge < -0.3 is 19.3 Å². The van der Waals surface area contributed by atoms with Gasteiger partial charge in [-0.3, -0.25) is 4.79 Å². The lowest BCUT2D eigenvalue weighted by Gasteiger charge is -2.23. The third-order valence-corrected chi connectivity index (χ3v) is 3.96. The molecule has 0 aliphatic carbocycles. The topological polar surface area (TPSA) is 76.2 Å². The van der Waals surface area contributed by atoms with Gasteiger partial charge in [0, 0.05) is 26.0 Å². The van der Waals surface area contributed by atoms with Crippen molar-refractivity contribution >= 4 is 23.5 Å². The number of nitrogens with zero attached hydrogens (tertiary/aromatic N) is 2. The zero-order valence-corrected chi connectivity index (χ0v) is 15.8. The van der Waals surface area contributed by atoms with Gasteiger partial charge in [0.2, 0.25) is 5.91 Å². The quantitative estimate of drug-likeness (QED) is 0.736. The maximum absolute atomic E-state index is 12.4. The number of carbonyl (C=O) groups excluding carboxylic acids is 3. The van der Waals surface area contributed by atoms with Crippen LogP contribution in [0.1, 0.15) is 5.56 Å². The van der Waals surface area contributed by atoms with Crippen LogP contribution in [-0.2, 0) is 30.3 Å². The number of amides is 1. The summed E-state index contributed by atoms with van der Waals surface area (Å²) in [5.74, 6) is -1.32.